The summed E-state index contributed by atoms with van der Waals surface area (Å²) in [5, 5.41) is 28.6. The van der Waals surface area contributed by atoms with Crippen LogP contribution in [0.1, 0.15) is 34.1 Å². The molecule has 0 saturated carbocycles. The van der Waals surface area contributed by atoms with Gasteiger partial charge in [0.25, 0.3) is 0 Å². The molecule has 5 atom stereocenters. The summed E-state index contributed by atoms with van der Waals surface area (Å²) in [5.41, 5.74) is 0. The Bertz CT molecular complexity index is 300. The smallest absolute Gasteiger partial charge is 0.163 e. The molecular formula is C14H26O5. The monoisotopic (exact) mass is 274 g/mol. The van der Waals surface area contributed by atoms with Crippen molar-refractivity contribution in [1.29, 1.82) is 0 Å². The molecule has 1 aliphatic rings. The topological polar surface area (TPSA) is 79.2 Å². The second-order valence-electron chi connectivity index (χ2n) is 5.63. The minimum absolute atomic E-state index is 0.0128. The fraction of sp³-hybridized carbons (Fsp3) is 0.857. The fourth-order valence-electron chi connectivity index (χ4n) is 2.06. The predicted molar refractivity (Wildman–Crippen MR) is 71.5 cm³/mol. The van der Waals surface area contributed by atoms with E-state index in [1.165, 1.54) is 0 Å². The van der Waals surface area contributed by atoms with Gasteiger partial charge in [-0.3, -0.25) is 0 Å². The van der Waals surface area contributed by atoms with Crippen molar-refractivity contribution in [1.82, 2.24) is 0 Å². The molecule has 0 radical (unpaired) electrons. The lowest BCUT2D eigenvalue weighted by molar-refractivity contribution is -0.153. The van der Waals surface area contributed by atoms with Gasteiger partial charge in [-0.2, -0.15) is 0 Å². The Balaban J connectivity index is 2.66. The molecule has 1 saturated heterocycles. The van der Waals surface area contributed by atoms with Crippen LogP contribution in [0.5, 0.6) is 0 Å². The van der Waals surface area contributed by atoms with Gasteiger partial charge in [0, 0.05) is 6.61 Å². The van der Waals surface area contributed by atoms with Crippen molar-refractivity contribution in [2.45, 2.75) is 64.3 Å². The van der Waals surface area contributed by atoms with Crippen molar-refractivity contribution in [2.75, 3.05) is 6.61 Å². The molecule has 0 spiro atoms. The first-order valence-corrected chi connectivity index (χ1v) is 6.78. The van der Waals surface area contributed by atoms with Crippen molar-refractivity contribution < 1.29 is 24.8 Å². The van der Waals surface area contributed by atoms with E-state index in [2.05, 4.69) is 0 Å². The third-order valence-corrected chi connectivity index (χ3v) is 3.34. The van der Waals surface area contributed by atoms with E-state index in [4.69, 9.17) is 14.6 Å². The normalized spacial score (nSPS) is 31.5. The van der Waals surface area contributed by atoms with Crippen LogP contribution in [0.3, 0.4) is 0 Å². The van der Waals surface area contributed by atoms with Crippen molar-refractivity contribution in [2.24, 2.45) is 5.92 Å². The van der Waals surface area contributed by atoms with Gasteiger partial charge in [-0.1, -0.05) is 19.1 Å². The van der Waals surface area contributed by atoms with Gasteiger partial charge < -0.3 is 24.8 Å². The minimum Gasteiger partial charge on any atom is -0.396 e. The van der Waals surface area contributed by atoms with Crippen LogP contribution in [0.2, 0.25) is 0 Å². The van der Waals surface area contributed by atoms with Gasteiger partial charge in [0.05, 0.1) is 12.2 Å². The van der Waals surface area contributed by atoms with E-state index < -0.39 is 24.1 Å². The number of hydrogen-bond acceptors (Lipinski definition) is 5. The van der Waals surface area contributed by atoms with Gasteiger partial charge in [-0.05, 0) is 33.1 Å². The van der Waals surface area contributed by atoms with Gasteiger partial charge in [0.1, 0.15) is 12.2 Å². The molecule has 1 heterocycles. The third kappa shape index (κ3) is 4.85. The predicted octanol–water partition coefficient (Wildman–Crippen LogP) is 0.823. The zero-order chi connectivity index (χ0) is 14.6. The largest absolute Gasteiger partial charge is 0.396 e. The maximum Gasteiger partial charge on any atom is 0.163 e. The molecule has 0 aromatic heterocycles. The molecule has 0 bridgehead atoms. The Kier molecular flexibility index (Phi) is 5.95. The lowest BCUT2D eigenvalue weighted by atomic mass is 10.0. The Morgan fingerprint density at radius 1 is 1.16 bits per heavy atom. The molecule has 1 aliphatic heterocycles. The van der Waals surface area contributed by atoms with E-state index >= 15 is 0 Å². The Hall–Kier alpha value is -0.460. The van der Waals surface area contributed by atoms with Crippen LogP contribution in [0.4, 0.5) is 0 Å². The van der Waals surface area contributed by atoms with E-state index in [0.29, 0.717) is 6.42 Å². The maximum atomic E-state index is 10.2. The third-order valence-electron chi connectivity index (χ3n) is 3.34. The first-order chi connectivity index (χ1) is 8.76. The van der Waals surface area contributed by atoms with Crippen LogP contribution >= 0.6 is 0 Å². The molecular weight excluding hydrogens is 248 g/mol. The summed E-state index contributed by atoms with van der Waals surface area (Å²) in [7, 11) is 0. The van der Waals surface area contributed by atoms with Crippen molar-refractivity contribution in [3.8, 4) is 0 Å². The highest BCUT2D eigenvalue weighted by Crippen LogP contribution is 2.32. The summed E-state index contributed by atoms with van der Waals surface area (Å²) in [5.74, 6) is -0.795. The van der Waals surface area contributed by atoms with Gasteiger partial charge in [-0.15, -0.1) is 0 Å². The van der Waals surface area contributed by atoms with Crippen molar-refractivity contribution >= 4 is 0 Å². The number of hydrogen-bond donors (Lipinski definition) is 3. The number of ether oxygens (including phenoxy) is 2. The van der Waals surface area contributed by atoms with Crippen molar-refractivity contribution in [3.63, 3.8) is 0 Å². The van der Waals surface area contributed by atoms with Crippen molar-refractivity contribution in [3.05, 3.63) is 12.2 Å². The summed E-state index contributed by atoms with van der Waals surface area (Å²) >= 11 is 0. The summed E-state index contributed by atoms with van der Waals surface area (Å²) in [6, 6.07) is 0. The van der Waals surface area contributed by atoms with Crippen LogP contribution < -0.4 is 0 Å². The van der Waals surface area contributed by atoms with Gasteiger partial charge in [-0.25, -0.2) is 0 Å². The lowest BCUT2D eigenvalue weighted by Crippen LogP contribution is -2.34. The van der Waals surface area contributed by atoms with E-state index in [9.17, 15) is 10.2 Å². The molecule has 19 heavy (non-hydrogen) atoms. The first kappa shape index (κ1) is 16.6. The highest BCUT2D eigenvalue weighted by atomic mass is 16.8. The first-order valence-electron chi connectivity index (χ1n) is 6.78. The quantitative estimate of drug-likeness (QED) is 0.625. The minimum atomic E-state index is -0.820. The van der Waals surface area contributed by atoms with E-state index in [-0.39, 0.29) is 18.6 Å². The molecule has 3 N–H and O–H groups in total. The zero-order valence-electron chi connectivity index (χ0n) is 12.1. The molecule has 0 unspecified atom stereocenters. The zero-order valence-corrected chi connectivity index (χ0v) is 12.1. The van der Waals surface area contributed by atoms with E-state index in [1.54, 1.807) is 32.9 Å². The molecule has 1 fully saturated rings. The van der Waals surface area contributed by atoms with E-state index in [0.717, 1.165) is 0 Å². The maximum absolute atomic E-state index is 10.2. The van der Waals surface area contributed by atoms with Gasteiger partial charge in [0.15, 0.2) is 5.79 Å². The molecule has 0 aromatic carbocycles. The number of rotatable bonds is 6. The van der Waals surface area contributed by atoms with E-state index in [1.807, 2.05) is 6.92 Å². The van der Waals surface area contributed by atoms with Crippen LogP contribution in [0.25, 0.3) is 0 Å². The highest BCUT2D eigenvalue weighted by molar-refractivity contribution is 5.00. The highest BCUT2D eigenvalue weighted by Gasteiger charge is 2.43. The Morgan fingerprint density at radius 2 is 1.79 bits per heavy atom. The van der Waals surface area contributed by atoms with Crippen LogP contribution in [0.15, 0.2) is 12.2 Å². The number of aliphatic hydroxyl groups excluding tert-OH is 3. The number of aliphatic hydroxyl groups is 3. The molecule has 112 valence electrons. The molecule has 1 rings (SSSR count). The van der Waals surface area contributed by atoms with Crippen LogP contribution in [0, 0.1) is 5.92 Å². The summed E-state index contributed by atoms with van der Waals surface area (Å²) < 4.78 is 11.3. The Labute approximate surface area is 114 Å². The van der Waals surface area contributed by atoms with Gasteiger partial charge in [0.2, 0.25) is 0 Å². The molecule has 5 nitrogen and oxygen atoms in total. The van der Waals surface area contributed by atoms with Crippen LogP contribution in [-0.4, -0.2) is 52.1 Å². The molecule has 0 aliphatic carbocycles. The second-order valence-corrected chi connectivity index (χ2v) is 5.63. The standard InChI is InChI=1S/C14H26O5/c1-9(10(2)16)5-6-11(17)13-12(7-8-15)18-14(3,4)19-13/h5-6,9-13,15-17H,7-8H2,1-4H3/b6-5-/t9-,10+,11+,12+,13-/m1/s1. The van der Waals surface area contributed by atoms with Gasteiger partial charge >= 0.3 is 0 Å². The molecule has 0 amide bonds. The SMILES string of the molecule is C[C@H](O)[C@H](C)/C=C\[C@H](O)[C@H]1OC(C)(C)O[C@H]1CCO. The summed E-state index contributed by atoms with van der Waals surface area (Å²) in [4.78, 5) is 0. The summed E-state index contributed by atoms with van der Waals surface area (Å²) in [6.07, 6.45) is 1.69. The average Bonchev–Trinajstić information content (AvgIpc) is 2.61. The Morgan fingerprint density at radius 3 is 2.32 bits per heavy atom. The molecule has 5 heteroatoms. The summed E-state index contributed by atoms with van der Waals surface area (Å²) in [6.45, 7) is 7.13. The fourth-order valence-corrected chi connectivity index (χ4v) is 2.06. The van der Waals surface area contributed by atoms with Crippen LogP contribution in [-0.2, 0) is 9.47 Å². The molecule has 0 aromatic rings. The lowest BCUT2D eigenvalue weighted by Gasteiger charge is -2.20. The second kappa shape index (κ2) is 6.81. The average molecular weight is 274 g/mol.